The van der Waals surface area contributed by atoms with Crippen LogP contribution in [0.15, 0.2) is 36.4 Å². The Morgan fingerprint density at radius 1 is 1.55 bits per heavy atom. The summed E-state index contributed by atoms with van der Waals surface area (Å²) in [5.41, 5.74) is 5.25. The molecule has 0 aliphatic carbocycles. The van der Waals surface area contributed by atoms with Gasteiger partial charge >= 0.3 is 0 Å². The maximum Gasteiger partial charge on any atom is 0.237 e. The summed E-state index contributed by atoms with van der Waals surface area (Å²) in [7, 11) is 0. The van der Waals surface area contributed by atoms with Gasteiger partial charge in [0.1, 0.15) is 0 Å². The minimum atomic E-state index is -0.590. The number of hydrogen-bond acceptors (Lipinski definition) is 4. The Hall–Kier alpha value is -1.69. The number of carbonyl (C=O) groups excluding carboxylic acids is 1. The van der Waals surface area contributed by atoms with Gasteiger partial charge in [-0.15, -0.1) is 0 Å². The second-order valence-corrected chi connectivity index (χ2v) is 6.21. The number of carbonyl (C=O) groups is 1. The lowest BCUT2D eigenvalue weighted by atomic mass is 9.67. The number of nitrogens with zero attached hydrogens (tertiary/aromatic N) is 1. The normalized spacial score (nSPS) is 27.7. The van der Waals surface area contributed by atoms with Crippen molar-refractivity contribution in [3.63, 3.8) is 0 Å². The fourth-order valence-electron chi connectivity index (χ4n) is 4.08. The van der Waals surface area contributed by atoms with Crippen LogP contribution in [0.5, 0.6) is 0 Å². The van der Waals surface area contributed by atoms with Crippen LogP contribution in [0.4, 0.5) is 5.69 Å². The molecule has 2 atom stereocenters. The number of rotatable bonds is 4. The standard InChI is InChI=1S/C17H24N4O/c1-3-7-12(2)15-17(10-6-11-21(15)20-18)13-8-4-5-9-14(13)19-16(17)22/h4-5,8-9,15,20H,2-3,6-7,10-11,18H2,1H3,(H,19,22). The lowest BCUT2D eigenvalue weighted by Gasteiger charge is -2.47. The van der Waals surface area contributed by atoms with Crippen molar-refractivity contribution in [2.45, 2.75) is 44.1 Å². The molecular formula is C17H24N4O. The Morgan fingerprint density at radius 2 is 2.32 bits per heavy atom. The average molecular weight is 300 g/mol. The molecule has 5 heteroatoms. The number of benzene rings is 1. The molecule has 2 heterocycles. The molecule has 5 nitrogen and oxygen atoms in total. The molecule has 2 aliphatic heterocycles. The monoisotopic (exact) mass is 300 g/mol. The van der Waals surface area contributed by atoms with Crippen LogP contribution in [0.3, 0.4) is 0 Å². The Morgan fingerprint density at radius 3 is 3.05 bits per heavy atom. The van der Waals surface area contributed by atoms with Crippen molar-refractivity contribution >= 4 is 11.6 Å². The predicted octanol–water partition coefficient (Wildman–Crippen LogP) is 2.08. The summed E-state index contributed by atoms with van der Waals surface area (Å²) in [5.74, 6) is 5.81. The first-order valence-corrected chi connectivity index (χ1v) is 7.96. The third-order valence-electron chi connectivity index (χ3n) is 4.93. The fraction of sp³-hybridized carbons (Fsp3) is 0.471. The zero-order valence-electron chi connectivity index (χ0n) is 13.1. The van der Waals surface area contributed by atoms with Gasteiger partial charge in [-0.2, -0.15) is 5.53 Å². The van der Waals surface area contributed by atoms with E-state index in [2.05, 4.69) is 30.4 Å². The highest BCUT2D eigenvalue weighted by Gasteiger charge is 2.56. The molecule has 0 radical (unpaired) electrons. The number of anilines is 1. The van der Waals surface area contributed by atoms with Gasteiger partial charge in [-0.1, -0.05) is 43.7 Å². The van der Waals surface area contributed by atoms with E-state index in [9.17, 15) is 4.79 Å². The molecule has 0 saturated carbocycles. The minimum absolute atomic E-state index is 0.0657. The molecule has 4 N–H and O–H groups in total. The highest BCUT2D eigenvalue weighted by Crippen LogP contribution is 2.49. The highest BCUT2D eigenvalue weighted by atomic mass is 16.2. The summed E-state index contributed by atoms with van der Waals surface area (Å²) in [6, 6.07) is 7.86. The summed E-state index contributed by atoms with van der Waals surface area (Å²) in [6.45, 7) is 7.22. The Kier molecular flexibility index (Phi) is 4.04. The summed E-state index contributed by atoms with van der Waals surface area (Å²) in [5, 5.41) is 5.03. The predicted molar refractivity (Wildman–Crippen MR) is 87.8 cm³/mol. The summed E-state index contributed by atoms with van der Waals surface area (Å²) < 4.78 is 0. The molecule has 22 heavy (non-hydrogen) atoms. The van der Waals surface area contributed by atoms with Gasteiger partial charge in [-0.3, -0.25) is 10.6 Å². The van der Waals surface area contributed by atoms with E-state index in [0.717, 1.165) is 49.1 Å². The third-order valence-corrected chi connectivity index (χ3v) is 4.93. The van der Waals surface area contributed by atoms with E-state index in [1.165, 1.54) is 0 Å². The molecule has 1 saturated heterocycles. The van der Waals surface area contributed by atoms with Crippen LogP contribution in [0.25, 0.3) is 0 Å². The average Bonchev–Trinajstić information content (AvgIpc) is 2.80. The topological polar surface area (TPSA) is 70.4 Å². The molecule has 0 aromatic heterocycles. The molecule has 3 rings (SSSR count). The van der Waals surface area contributed by atoms with Crippen molar-refractivity contribution in [1.82, 2.24) is 10.5 Å². The number of piperidine rings is 1. The quantitative estimate of drug-likeness (QED) is 0.452. The van der Waals surface area contributed by atoms with Gasteiger partial charge in [0.05, 0.1) is 11.5 Å². The smallest absolute Gasteiger partial charge is 0.237 e. The van der Waals surface area contributed by atoms with E-state index in [1.807, 2.05) is 23.2 Å². The largest absolute Gasteiger partial charge is 0.325 e. The van der Waals surface area contributed by atoms with Gasteiger partial charge in [0.25, 0.3) is 0 Å². The van der Waals surface area contributed by atoms with Crippen LogP contribution >= 0.6 is 0 Å². The molecule has 1 spiro atoms. The first-order chi connectivity index (χ1) is 10.6. The molecule has 1 fully saturated rings. The molecule has 0 bridgehead atoms. The van der Waals surface area contributed by atoms with E-state index in [-0.39, 0.29) is 11.9 Å². The Balaban J connectivity index is 2.12. The van der Waals surface area contributed by atoms with Crippen LogP contribution in [0.2, 0.25) is 0 Å². The molecule has 1 aromatic carbocycles. The first kappa shape index (κ1) is 15.2. The number of nitrogens with one attached hydrogen (secondary N) is 2. The van der Waals surface area contributed by atoms with Gasteiger partial charge in [0.2, 0.25) is 5.91 Å². The lowest BCUT2D eigenvalue weighted by molar-refractivity contribution is -0.125. The van der Waals surface area contributed by atoms with E-state index in [1.54, 1.807) is 0 Å². The second kappa shape index (κ2) is 5.83. The molecule has 1 amide bonds. The van der Waals surface area contributed by atoms with Crippen LogP contribution in [0.1, 0.15) is 38.2 Å². The summed E-state index contributed by atoms with van der Waals surface area (Å²) >= 11 is 0. The zero-order chi connectivity index (χ0) is 15.7. The van der Waals surface area contributed by atoms with Crippen molar-refractivity contribution in [1.29, 1.82) is 0 Å². The number of para-hydroxylation sites is 1. The molecule has 1 aromatic rings. The third kappa shape index (κ3) is 2.08. The zero-order valence-corrected chi connectivity index (χ0v) is 13.1. The van der Waals surface area contributed by atoms with E-state index in [4.69, 9.17) is 5.84 Å². The Labute approximate surface area is 131 Å². The SMILES string of the molecule is C=C(CCC)C1N(NN)CCCC12C(=O)Nc1ccccc12. The minimum Gasteiger partial charge on any atom is -0.325 e. The number of nitrogens with two attached hydrogens (primary N) is 1. The van der Waals surface area contributed by atoms with Gasteiger partial charge in [0.15, 0.2) is 0 Å². The van der Waals surface area contributed by atoms with Crippen LogP contribution in [-0.2, 0) is 10.2 Å². The number of amides is 1. The fourth-order valence-corrected chi connectivity index (χ4v) is 4.08. The number of hydrogen-bond donors (Lipinski definition) is 3. The Bertz CT molecular complexity index is 600. The van der Waals surface area contributed by atoms with Crippen LogP contribution < -0.4 is 16.7 Å². The number of fused-ring (bicyclic) bond motifs is 2. The molecular weight excluding hydrogens is 276 g/mol. The van der Waals surface area contributed by atoms with Crippen molar-refractivity contribution in [3.05, 3.63) is 42.0 Å². The van der Waals surface area contributed by atoms with Crippen LogP contribution in [-0.4, -0.2) is 23.5 Å². The molecule has 2 aliphatic rings. The van der Waals surface area contributed by atoms with E-state index >= 15 is 0 Å². The molecule has 118 valence electrons. The highest BCUT2D eigenvalue weighted by molar-refractivity contribution is 6.07. The first-order valence-electron chi connectivity index (χ1n) is 7.96. The van der Waals surface area contributed by atoms with Crippen molar-refractivity contribution in [3.8, 4) is 0 Å². The van der Waals surface area contributed by atoms with E-state index < -0.39 is 5.41 Å². The van der Waals surface area contributed by atoms with Gasteiger partial charge in [-0.05, 0) is 30.9 Å². The summed E-state index contributed by atoms with van der Waals surface area (Å²) in [6.07, 6.45) is 3.64. The lowest BCUT2D eigenvalue weighted by Crippen LogP contribution is -2.63. The maximum atomic E-state index is 12.9. The van der Waals surface area contributed by atoms with Gasteiger partial charge in [-0.25, -0.2) is 5.01 Å². The van der Waals surface area contributed by atoms with Crippen molar-refractivity contribution < 1.29 is 4.79 Å². The van der Waals surface area contributed by atoms with Crippen molar-refractivity contribution in [2.75, 3.05) is 11.9 Å². The van der Waals surface area contributed by atoms with Crippen molar-refractivity contribution in [2.24, 2.45) is 5.84 Å². The summed E-state index contributed by atoms with van der Waals surface area (Å²) in [4.78, 5) is 12.9. The maximum absolute atomic E-state index is 12.9. The molecule has 2 unspecified atom stereocenters. The van der Waals surface area contributed by atoms with Crippen LogP contribution in [0, 0.1) is 0 Å². The van der Waals surface area contributed by atoms with Gasteiger partial charge in [0, 0.05) is 12.2 Å². The number of hydrazine groups is 2. The van der Waals surface area contributed by atoms with E-state index in [0.29, 0.717) is 0 Å². The second-order valence-electron chi connectivity index (χ2n) is 6.21. The van der Waals surface area contributed by atoms with Gasteiger partial charge < -0.3 is 5.32 Å².